The molecule has 0 atom stereocenters. The summed E-state index contributed by atoms with van der Waals surface area (Å²) in [7, 11) is 0. The van der Waals surface area contributed by atoms with Crippen molar-refractivity contribution in [2.75, 3.05) is 0 Å². The van der Waals surface area contributed by atoms with Crippen LogP contribution in [0.2, 0.25) is 0 Å². The third kappa shape index (κ3) is 5.96. The molecule has 4 heterocycles. The van der Waals surface area contributed by atoms with E-state index in [1.165, 1.54) is 4.68 Å². The van der Waals surface area contributed by atoms with Gasteiger partial charge in [-0.15, -0.1) is 0 Å². The number of rotatable bonds is 6. The summed E-state index contributed by atoms with van der Waals surface area (Å²) in [4.78, 5) is 4.88. The predicted molar refractivity (Wildman–Crippen MR) is 245 cm³/mol. The van der Waals surface area contributed by atoms with Gasteiger partial charge in [-0.2, -0.15) is 5.10 Å². The van der Waals surface area contributed by atoms with E-state index in [9.17, 15) is 4.39 Å². The Labute approximate surface area is 363 Å². The highest BCUT2D eigenvalue weighted by atomic mass is 19.2. The molecule has 0 unspecified atom stereocenters. The molecule has 10 heteroatoms. The molecule has 0 saturated heterocycles. The minimum Gasteiger partial charge on any atom is -0.309 e. The van der Waals surface area contributed by atoms with Crippen LogP contribution in [-0.4, -0.2) is 23.9 Å². The van der Waals surface area contributed by atoms with Crippen molar-refractivity contribution in [3.63, 3.8) is 0 Å². The zero-order chi connectivity index (χ0) is 44.0. The van der Waals surface area contributed by atoms with Crippen molar-refractivity contribution in [3.05, 3.63) is 199 Å². The summed E-state index contributed by atoms with van der Waals surface area (Å²) >= 11 is 0. The summed E-state index contributed by atoms with van der Waals surface area (Å²) < 4.78 is 82.9. The van der Waals surface area contributed by atoms with Crippen molar-refractivity contribution in [2.45, 2.75) is 26.2 Å². The van der Waals surface area contributed by atoms with Crippen LogP contribution in [0.15, 0.2) is 164 Å². The Morgan fingerprint density at radius 3 is 1.56 bits per heavy atom. The zero-order valence-corrected chi connectivity index (χ0v) is 34.7. The zero-order valence-electron chi connectivity index (χ0n) is 34.7. The van der Waals surface area contributed by atoms with Crippen LogP contribution in [0.5, 0.6) is 0 Å². The maximum atomic E-state index is 16.1. The Hall–Kier alpha value is -7.85. The second kappa shape index (κ2) is 14.6. The van der Waals surface area contributed by atoms with Gasteiger partial charge in [-0.3, -0.25) is 4.57 Å². The number of para-hydroxylation sites is 2. The summed E-state index contributed by atoms with van der Waals surface area (Å²) in [6.45, 7) is 6.54. The lowest BCUT2D eigenvalue weighted by molar-refractivity contribution is 0.381. The van der Waals surface area contributed by atoms with Crippen molar-refractivity contribution in [1.29, 1.82) is 0 Å². The first-order valence-corrected chi connectivity index (χ1v) is 20.8. The Bertz CT molecular complexity index is 3630. The molecule has 11 aromatic rings. The predicted octanol–water partition coefficient (Wildman–Crippen LogP) is 14.5. The molecule has 0 fully saturated rings. The second-order valence-electron chi connectivity index (χ2n) is 16.9. The van der Waals surface area contributed by atoms with Crippen molar-refractivity contribution in [1.82, 2.24) is 23.9 Å². The molecular weight excluding hydrogens is 814 g/mol. The van der Waals surface area contributed by atoms with Crippen LogP contribution < -0.4 is 0 Å². The molecule has 0 aliphatic carbocycles. The van der Waals surface area contributed by atoms with Gasteiger partial charge in [0, 0.05) is 50.1 Å². The van der Waals surface area contributed by atoms with Crippen molar-refractivity contribution in [2.24, 2.45) is 0 Å². The number of hydrogen-bond acceptors (Lipinski definition) is 2. The number of hydrogen-bond donors (Lipinski definition) is 0. The van der Waals surface area contributed by atoms with E-state index in [-0.39, 0.29) is 22.4 Å². The number of pyridine rings is 1. The molecule has 0 N–H and O–H groups in total. The number of benzene rings is 7. The smallest absolute Gasteiger partial charge is 0.200 e. The summed E-state index contributed by atoms with van der Waals surface area (Å²) in [5.74, 6) is -9.42. The SMILES string of the molecule is CC(C)(C)c1ccnc(-n2c3ccccc3c3ccc(-n4c5ccccc5c5ccc(-n6nc(-c7ccccc7)c(-c7c(F)c(F)c(F)c(F)c7F)c6-c6ccccc6)cc54)cc32)c1. The average Bonchev–Trinajstić information content (AvgIpc) is 3.98. The highest BCUT2D eigenvalue weighted by Gasteiger charge is 2.33. The highest BCUT2D eigenvalue weighted by molar-refractivity contribution is 6.12. The average molecular weight is 850 g/mol. The third-order valence-corrected chi connectivity index (χ3v) is 12.1. The Morgan fingerprint density at radius 2 is 0.938 bits per heavy atom. The fourth-order valence-corrected chi connectivity index (χ4v) is 9.05. The first kappa shape index (κ1) is 39.0. The minimum absolute atomic E-state index is 0.0331. The van der Waals surface area contributed by atoms with Gasteiger partial charge in [0.15, 0.2) is 23.3 Å². The monoisotopic (exact) mass is 849 g/mol. The molecule has 5 nitrogen and oxygen atoms in total. The Morgan fingerprint density at radius 1 is 0.438 bits per heavy atom. The van der Waals surface area contributed by atoms with E-state index in [1.807, 2.05) is 48.7 Å². The van der Waals surface area contributed by atoms with Gasteiger partial charge in [0.05, 0.1) is 39.0 Å². The highest BCUT2D eigenvalue weighted by Crippen LogP contribution is 2.46. The first-order chi connectivity index (χ1) is 31.0. The van der Waals surface area contributed by atoms with Crippen LogP contribution in [0.4, 0.5) is 22.0 Å². The summed E-state index contributed by atoms with van der Waals surface area (Å²) in [5, 5.41) is 9.05. The molecule has 0 spiro atoms. The van der Waals surface area contributed by atoms with Crippen LogP contribution >= 0.6 is 0 Å². The molecule has 0 bridgehead atoms. The minimum atomic E-state index is -2.24. The lowest BCUT2D eigenvalue weighted by Crippen LogP contribution is -2.12. The maximum absolute atomic E-state index is 16.1. The lowest BCUT2D eigenvalue weighted by atomic mass is 9.88. The van der Waals surface area contributed by atoms with E-state index in [4.69, 9.17) is 10.1 Å². The molecule has 0 radical (unpaired) electrons. The van der Waals surface area contributed by atoms with E-state index < -0.39 is 34.6 Å². The van der Waals surface area contributed by atoms with Crippen LogP contribution in [0.3, 0.4) is 0 Å². The fraction of sp³-hybridized carbons (Fsp3) is 0.0741. The summed E-state index contributed by atoms with van der Waals surface area (Å²) in [6.07, 6.45) is 1.86. The molecular formula is C54H36F5N5. The van der Waals surface area contributed by atoms with Gasteiger partial charge in [0.2, 0.25) is 5.82 Å². The maximum Gasteiger partial charge on any atom is 0.200 e. The van der Waals surface area contributed by atoms with E-state index in [2.05, 4.69) is 84.5 Å². The van der Waals surface area contributed by atoms with Crippen LogP contribution in [0.1, 0.15) is 26.3 Å². The molecule has 64 heavy (non-hydrogen) atoms. The van der Waals surface area contributed by atoms with Crippen molar-refractivity contribution in [3.8, 4) is 50.8 Å². The fourth-order valence-electron chi connectivity index (χ4n) is 9.05. The summed E-state index contributed by atoms with van der Waals surface area (Å²) in [5.41, 5.74) is 5.82. The molecule has 0 saturated carbocycles. The first-order valence-electron chi connectivity index (χ1n) is 20.8. The van der Waals surface area contributed by atoms with E-state index in [1.54, 1.807) is 60.7 Å². The number of nitrogens with zero attached hydrogens (tertiary/aromatic N) is 5. The number of halogens is 5. The number of aromatic nitrogens is 5. The van der Waals surface area contributed by atoms with Gasteiger partial charge in [-0.25, -0.2) is 31.6 Å². The molecule has 0 amide bonds. The van der Waals surface area contributed by atoms with Crippen molar-refractivity contribution >= 4 is 43.6 Å². The van der Waals surface area contributed by atoms with Gasteiger partial charge >= 0.3 is 0 Å². The second-order valence-corrected chi connectivity index (χ2v) is 16.9. The Balaban J connectivity index is 1.21. The van der Waals surface area contributed by atoms with E-state index in [0.717, 1.165) is 60.7 Å². The van der Waals surface area contributed by atoms with Crippen LogP contribution in [0, 0.1) is 29.1 Å². The summed E-state index contributed by atoms with van der Waals surface area (Å²) in [6, 6.07) is 50.0. The molecule has 4 aromatic heterocycles. The van der Waals surface area contributed by atoms with Crippen LogP contribution in [0.25, 0.3) is 94.4 Å². The normalized spacial score (nSPS) is 12.1. The van der Waals surface area contributed by atoms with Gasteiger partial charge < -0.3 is 4.57 Å². The van der Waals surface area contributed by atoms with Gasteiger partial charge in [0.25, 0.3) is 0 Å². The topological polar surface area (TPSA) is 40.6 Å². The molecule has 0 aliphatic rings. The third-order valence-electron chi connectivity index (χ3n) is 12.1. The quantitative estimate of drug-likeness (QED) is 0.0950. The van der Waals surface area contributed by atoms with Crippen molar-refractivity contribution < 1.29 is 22.0 Å². The molecule has 0 aliphatic heterocycles. The van der Waals surface area contributed by atoms with Crippen LogP contribution in [-0.2, 0) is 5.41 Å². The van der Waals surface area contributed by atoms with E-state index in [0.29, 0.717) is 16.8 Å². The number of fused-ring (bicyclic) bond motifs is 6. The van der Waals surface area contributed by atoms with Gasteiger partial charge in [-0.1, -0.05) is 130 Å². The standard InChI is InChI=1S/C54H36F5N5/c1-54(2,3)33-26-27-60-44(28-33)63-41-21-13-11-19-37(41)39-24-22-34(29-43(39)63)62-40-20-12-10-18-36(40)38-25-23-35(30-42(38)62)64-53(32-16-8-5-9-17-32)46(52(61-64)31-14-6-4-7-15-31)45-47(55)49(57)51(59)50(58)48(45)56/h4-30H,1-3H3. The molecule has 7 aromatic carbocycles. The van der Waals surface area contributed by atoms with Gasteiger partial charge in [-0.05, 0) is 59.5 Å². The largest absolute Gasteiger partial charge is 0.309 e. The lowest BCUT2D eigenvalue weighted by Gasteiger charge is -2.20. The van der Waals surface area contributed by atoms with Gasteiger partial charge in [0.1, 0.15) is 11.5 Å². The molecule has 11 rings (SSSR count). The van der Waals surface area contributed by atoms with E-state index >= 15 is 17.6 Å². The Kier molecular flexibility index (Phi) is 8.92. The molecule has 312 valence electrons.